The van der Waals surface area contributed by atoms with Gasteiger partial charge in [0.1, 0.15) is 4.90 Å². The van der Waals surface area contributed by atoms with E-state index in [-0.39, 0.29) is 20.0 Å². The van der Waals surface area contributed by atoms with Gasteiger partial charge >= 0.3 is 0 Å². The Morgan fingerprint density at radius 1 is 1.28 bits per heavy atom. The number of halogens is 3. The molecule has 3 N–H and O–H groups in total. The van der Waals surface area contributed by atoms with Gasteiger partial charge in [0.2, 0.25) is 15.9 Å². The SMILES string of the molecule is C[C@H](NS(=O)(=O)c1c(Cl)cc(Cl)cc1Cl)C(N)=O. The second-order valence-electron chi connectivity index (χ2n) is 3.44. The molecule has 100 valence electrons. The average molecular weight is 332 g/mol. The molecule has 0 unspecified atom stereocenters. The van der Waals surface area contributed by atoms with Crippen LogP contribution in [0.2, 0.25) is 15.1 Å². The summed E-state index contributed by atoms with van der Waals surface area (Å²) in [6.07, 6.45) is 0. The van der Waals surface area contributed by atoms with E-state index in [1.165, 1.54) is 19.1 Å². The summed E-state index contributed by atoms with van der Waals surface area (Å²) < 4.78 is 26.0. The van der Waals surface area contributed by atoms with Gasteiger partial charge in [0.05, 0.1) is 16.1 Å². The molecular weight excluding hydrogens is 323 g/mol. The predicted molar refractivity (Wildman–Crippen MR) is 70.4 cm³/mol. The highest BCUT2D eigenvalue weighted by atomic mass is 35.5. The van der Waals surface area contributed by atoms with Gasteiger partial charge in [-0.2, -0.15) is 4.72 Å². The van der Waals surface area contributed by atoms with E-state index >= 15 is 0 Å². The van der Waals surface area contributed by atoms with Crippen molar-refractivity contribution in [3.63, 3.8) is 0 Å². The molecule has 1 aromatic carbocycles. The van der Waals surface area contributed by atoms with E-state index in [2.05, 4.69) is 4.72 Å². The highest BCUT2D eigenvalue weighted by Crippen LogP contribution is 2.32. The van der Waals surface area contributed by atoms with E-state index < -0.39 is 22.0 Å². The molecule has 0 fully saturated rings. The molecule has 0 aliphatic carbocycles. The molecule has 0 aliphatic heterocycles. The molecule has 0 bridgehead atoms. The molecule has 0 saturated heterocycles. The van der Waals surface area contributed by atoms with E-state index in [4.69, 9.17) is 40.5 Å². The molecular formula is C9H9Cl3N2O3S. The van der Waals surface area contributed by atoms with Crippen molar-refractivity contribution in [1.82, 2.24) is 4.72 Å². The van der Waals surface area contributed by atoms with Crippen LogP contribution in [0.5, 0.6) is 0 Å². The second-order valence-corrected chi connectivity index (χ2v) is 6.35. The lowest BCUT2D eigenvalue weighted by Crippen LogP contribution is -2.42. The molecule has 0 radical (unpaired) electrons. The van der Waals surface area contributed by atoms with E-state index in [1.807, 2.05) is 0 Å². The maximum atomic E-state index is 12.0. The summed E-state index contributed by atoms with van der Waals surface area (Å²) in [4.78, 5) is 10.5. The second kappa shape index (κ2) is 5.63. The average Bonchev–Trinajstić information content (AvgIpc) is 2.13. The Balaban J connectivity index is 3.25. The van der Waals surface area contributed by atoms with Gasteiger partial charge in [-0.1, -0.05) is 34.8 Å². The molecule has 1 aromatic rings. The minimum Gasteiger partial charge on any atom is -0.368 e. The number of nitrogens with one attached hydrogen (secondary N) is 1. The highest BCUT2D eigenvalue weighted by molar-refractivity contribution is 7.89. The summed E-state index contributed by atoms with van der Waals surface area (Å²) in [5.74, 6) is -0.820. The van der Waals surface area contributed by atoms with Crippen molar-refractivity contribution in [2.75, 3.05) is 0 Å². The number of hydrogen-bond donors (Lipinski definition) is 2. The maximum Gasteiger partial charge on any atom is 0.244 e. The van der Waals surface area contributed by atoms with Gasteiger partial charge in [0.15, 0.2) is 0 Å². The smallest absolute Gasteiger partial charge is 0.244 e. The van der Waals surface area contributed by atoms with Crippen LogP contribution < -0.4 is 10.5 Å². The molecule has 1 amide bonds. The molecule has 0 saturated carbocycles. The van der Waals surface area contributed by atoms with Gasteiger partial charge in [-0.25, -0.2) is 8.42 Å². The minimum atomic E-state index is -4.06. The van der Waals surface area contributed by atoms with Gasteiger partial charge in [-0.3, -0.25) is 4.79 Å². The monoisotopic (exact) mass is 330 g/mol. The van der Waals surface area contributed by atoms with Crippen LogP contribution in [0.4, 0.5) is 0 Å². The van der Waals surface area contributed by atoms with E-state index in [0.29, 0.717) is 0 Å². The number of nitrogens with two attached hydrogens (primary N) is 1. The summed E-state index contributed by atoms with van der Waals surface area (Å²) in [6, 6.07) is 1.38. The van der Waals surface area contributed by atoms with Crippen molar-refractivity contribution in [1.29, 1.82) is 0 Å². The van der Waals surface area contributed by atoms with Crippen molar-refractivity contribution in [3.05, 3.63) is 27.2 Å². The first-order chi connectivity index (χ1) is 8.15. The van der Waals surface area contributed by atoms with Gasteiger partial charge in [0.25, 0.3) is 0 Å². The normalized spacial score (nSPS) is 13.3. The third-order valence-corrected chi connectivity index (χ3v) is 4.67. The molecule has 0 aromatic heterocycles. The van der Waals surface area contributed by atoms with Crippen LogP contribution in [0.15, 0.2) is 17.0 Å². The van der Waals surface area contributed by atoms with E-state index in [9.17, 15) is 13.2 Å². The summed E-state index contributed by atoms with van der Waals surface area (Å²) in [5, 5.41) is -0.0831. The zero-order valence-electron chi connectivity index (χ0n) is 9.08. The number of sulfonamides is 1. The zero-order valence-corrected chi connectivity index (χ0v) is 12.2. The summed E-state index contributed by atoms with van der Waals surface area (Å²) >= 11 is 17.2. The van der Waals surface area contributed by atoms with Crippen LogP contribution in [0.1, 0.15) is 6.92 Å². The molecule has 5 nitrogen and oxygen atoms in total. The number of primary amides is 1. The molecule has 1 rings (SSSR count). The largest absolute Gasteiger partial charge is 0.368 e. The third-order valence-electron chi connectivity index (χ3n) is 1.99. The number of carbonyl (C=O) groups is 1. The van der Waals surface area contributed by atoms with Crippen LogP contribution in [-0.4, -0.2) is 20.4 Å². The first-order valence-corrected chi connectivity index (χ1v) is 7.23. The van der Waals surface area contributed by atoms with Crippen molar-refractivity contribution in [3.8, 4) is 0 Å². The molecule has 1 atom stereocenters. The molecule has 0 spiro atoms. The van der Waals surface area contributed by atoms with E-state index in [1.54, 1.807) is 0 Å². The zero-order chi connectivity index (χ0) is 14.1. The van der Waals surface area contributed by atoms with Gasteiger partial charge < -0.3 is 5.73 Å². The number of rotatable bonds is 4. The Kier molecular flexibility index (Phi) is 4.85. The van der Waals surface area contributed by atoms with Crippen molar-refractivity contribution in [2.24, 2.45) is 5.73 Å². The van der Waals surface area contributed by atoms with Crippen molar-refractivity contribution < 1.29 is 13.2 Å². The van der Waals surface area contributed by atoms with Gasteiger partial charge in [0, 0.05) is 5.02 Å². The molecule has 18 heavy (non-hydrogen) atoms. The van der Waals surface area contributed by atoms with Crippen LogP contribution in [0, 0.1) is 0 Å². The lowest BCUT2D eigenvalue weighted by Gasteiger charge is -2.13. The van der Waals surface area contributed by atoms with Crippen molar-refractivity contribution in [2.45, 2.75) is 17.9 Å². The molecule has 0 aliphatic rings. The standard InChI is InChI=1S/C9H9Cl3N2O3S/c1-4(9(13)15)14-18(16,17)8-6(11)2-5(10)3-7(8)12/h2-4,14H,1H3,(H2,13,15)/t4-/m0/s1. The fourth-order valence-electron chi connectivity index (χ4n) is 1.14. The van der Waals surface area contributed by atoms with Gasteiger partial charge in [-0.15, -0.1) is 0 Å². The third kappa shape index (κ3) is 3.49. The summed E-state index contributed by atoms with van der Waals surface area (Å²) in [5.41, 5.74) is 4.97. The highest BCUT2D eigenvalue weighted by Gasteiger charge is 2.25. The quantitative estimate of drug-likeness (QED) is 0.881. The number of amides is 1. The number of carbonyl (C=O) groups excluding carboxylic acids is 1. The Morgan fingerprint density at radius 2 is 1.72 bits per heavy atom. The molecule has 0 heterocycles. The lowest BCUT2D eigenvalue weighted by molar-refractivity contribution is -0.119. The van der Waals surface area contributed by atoms with E-state index in [0.717, 1.165) is 0 Å². The van der Waals surface area contributed by atoms with Crippen LogP contribution in [0.25, 0.3) is 0 Å². The number of benzene rings is 1. The van der Waals surface area contributed by atoms with Gasteiger partial charge in [-0.05, 0) is 19.1 Å². The predicted octanol–water partition coefficient (Wildman–Crippen LogP) is 1.80. The topological polar surface area (TPSA) is 89.3 Å². The Morgan fingerprint density at radius 3 is 2.11 bits per heavy atom. The maximum absolute atomic E-state index is 12.0. The first-order valence-electron chi connectivity index (χ1n) is 4.61. The summed E-state index contributed by atoms with van der Waals surface area (Å²) in [6.45, 7) is 1.30. The van der Waals surface area contributed by atoms with Crippen LogP contribution in [-0.2, 0) is 14.8 Å². The lowest BCUT2D eigenvalue weighted by atomic mass is 10.3. The minimum absolute atomic E-state index is 0.142. The Hall–Kier alpha value is -0.530. The van der Waals surface area contributed by atoms with Crippen LogP contribution >= 0.6 is 34.8 Å². The fraction of sp³-hybridized carbons (Fsp3) is 0.222. The van der Waals surface area contributed by atoms with Crippen LogP contribution in [0.3, 0.4) is 0 Å². The fourth-order valence-corrected chi connectivity index (χ4v) is 3.89. The first kappa shape index (κ1) is 15.5. The molecule has 9 heteroatoms. The Bertz CT molecular complexity index is 566. The summed E-state index contributed by atoms with van der Waals surface area (Å²) in [7, 11) is -4.06. The Labute approximate surface area is 119 Å². The van der Waals surface area contributed by atoms with Crippen molar-refractivity contribution >= 4 is 50.7 Å². The number of hydrogen-bond acceptors (Lipinski definition) is 3.